The minimum Gasteiger partial charge on any atom is -0.467 e. The zero-order valence-corrected chi connectivity index (χ0v) is 7.58. The van der Waals surface area contributed by atoms with Gasteiger partial charge in [0.25, 0.3) is 0 Å². The van der Waals surface area contributed by atoms with Gasteiger partial charge in [-0.1, -0.05) is 0 Å². The minimum atomic E-state index is -0.0294. The van der Waals surface area contributed by atoms with Crippen LogP contribution in [0.1, 0.15) is 12.2 Å². The lowest BCUT2D eigenvalue weighted by Crippen LogP contribution is -2.23. The molecule has 1 N–H and O–H groups in total. The molecule has 0 bridgehead atoms. The number of carbonyl (C=O) groups excluding carboxylic acids is 1. The van der Waals surface area contributed by atoms with Crippen LogP contribution >= 0.6 is 0 Å². The highest BCUT2D eigenvalue weighted by molar-refractivity contribution is 5.75. The molecule has 0 fully saturated rings. The van der Waals surface area contributed by atoms with Gasteiger partial charge in [0, 0.05) is 13.5 Å². The molecule has 0 atom stereocenters. The quantitative estimate of drug-likeness (QED) is 0.738. The molecule has 0 radical (unpaired) electrons. The maximum atomic E-state index is 11.1. The second-order valence-electron chi connectivity index (χ2n) is 2.60. The van der Waals surface area contributed by atoms with Crippen LogP contribution in [0, 0.1) is 0 Å². The van der Waals surface area contributed by atoms with Crippen molar-refractivity contribution in [1.29, 1.82) is 0 Å². The largest absolute Gasteiger partial charge is 0.467 e. The summed E-state index contributed by atoms with van der Waals surface area (Å²) < 4.78 is 9.81. The molecule has 4 heteroatoms. The molecule has 0 aliphatic carbocycles. The molecule has 1 aromatic heterocycles. The Morgan fingerprint density at radius 1 is 1.69 bits per heavy atom. The van der Waals surface area contributed by atoms with E-state index >= 15 is 0 Å². The molecule has 0 unspecified atom stereocenters. The van der Waals surface area contributed by atoms with Crippen molar-refractivity contribution in [2.45, 2.75) is 13.0 Å². The van der Waals surface area contributed by atoms with E-state index in [-0.39, 0.29) is 5.91 Å². The molecule has 13 heavy (non-hydrogen) atoms. The first kappa shape index (κ1) is 9.80. The third-order valence-electron chi connectivity index (χ3n) is 1.57. The molecule has 0 saturated heterocycles. The highest BCUT2D eigenvalue weighted by atomic mass is 16.5. The fourth-order valence-electron chi connectivity index (χ4n) is 0.882. The van der Waals surface area contributed by atoms with Crippen molar-refractivity contribution in [3.8, 4) is 0 Å². The standard InChI is InChI=1S/C9H13NO3/c1-12-6-4-9(11)10-7-8-3-2-5-13-8/h2-3,5H,4,6-7H2,1H3,(H,10,11). The third-order valence-corrected chi connectivity index (χ3v) is 1.57. The third kappa shape index (κ3) is 3.75. The zero-order valence-electron chi connectivity index (χ0n) is 7.58. The Morgan fingerprint density at radius 3 is 3.15 bits per heavy atom. The lowest BCUT2D eigenvalue weighted by atomic mass is 10.4. The zero-order chi connectivity index (χ0) is 9.52. The molecule has 0 aromatic carbocycles. The van der Waals surface area contributed by atoms with Gasteiger partial charge in [-0.15, -0.1) is 0 Å². The number of rotatable bonds is 5. The summed E-state index contributed by atoms with van der Waals surface area (Å²) in [6.07, 6.45) is 1.97. The van der Waals surface area contributed by atoms with Gasteiger partial charge < -0.3 is 14.5 Å². The molecule has 0 saturated carbocycles. The predicted octanol–water partition coefficient (Wildman–Crippen LogP) is 0.932. The van der Waals surface area contributed by atoms with Crippen molar-refractivity contribution in [1.82, 2.24) is 5.32 Å². The van der Waals surface area contributed by atoms with Gasteiger partial charge in [-0.2, -0.15) is 0 Å². The first-order valence-electron chi connectivity index (χ1n) is 4.11. The van der Waals surface area contributed by atoms with Crippen LogP contribution < -0.4 is 5.32 Å². The van der Waals surface area contributed by atoms with Gasteiger partial charge in [0.2, 0.25) is 5.91 Å². The lowest BCUT2D eigenvalue weighted by Gasteiger charge is -2.01. The van der Waals surface area contributed by atoms with E-state index in [9.17, 15) is 4.79 Å². The molecular weight excluding hydrogens is 170 g/mol. The van der Waals surface area contributed by atoms with E-state index in [2.05, 4.69) is 5.32 Å². The van der Waals surface area contributed by atoms with Crippen LogP contribution in [-0.4, -0.2) is 19.6 Å². The molecule has 1 heterocycles. The average Bonchev–Trinajstić information content (AvgIpc) is 2.64. The van der Waals surface area contributed by atoms with Gasteiger partial charge in [0.05, 0.1) is 19.4 Å². The topological polar surface area (TPSA) is 51.5 Å². The van der Waals surface area contributed by atoms with Crippen LogP contribution in [0.4, 0.5) is 0 Å². The molecule has 0 aliphatic heterocycles. The van der Waals surface area contributed by atoms with Gasteiger partial charge >= 0.3 is 0 Å². The summed E-state index contributed by atoms with van der Waals surface area (Å²) in [5, 5.41) is 2.71. The summed E-state index contributed by atoms with van der Waals surface area (Å²) in [5.74, 6) is 0.726. The molecular formula is C9H13NO3. The number of hydrogen-bond donors (Lipinski definition) is 1. The van der Waals surface area contributed by atoms with Crippen molar-refractivity contribution in [2.24, 2.45) is 0 Å². The Balaban J connectivity index is 2.15. The van der Waals surface area contributed by atoms with Crippen LogP contribution in [0.15, 0.2) is 22.8 Å². The van der Waals surface area contributed by atoms with Crippen LogP contribution in [0.3, 0.4) is 0 Å². The second-order valence-corrected chi connectivity index (χ2v) is 2.60. The monoisotopic (exact) mass is 183 g/mol. The highest BCUT2D eigenvalue weighted by Gasteiger charge is 2.01. The summed E-state index contributed by atoms with van der Waals surface area (Å²) in [6, 6.07) is 3.60. The van der Waals surface area contributed by atoms with Crippen molar-refractivity contribution in [2.75, 3.05) is 13.7 Å². The lowest BCUT2D eigenvalue weighted by molar-refractivity contribution is -0.122. The Bertz CT molecular complexity index is 243. The Labute approximate surface area is 76.9 Å². The van der Waals surface area contributed by atoms with Crippen molar-refractivity contribution in [3.63, 3.8) is 0 Å². The number of amides is 1. The number of methoxy groups -OCH3 is 1. The van der Waals surface area contributed by atoms with E-state index in [0.717, 1.165) is 5.76 Å². The smallest absolute Gasteiger partial charge is 0.222 e. The molecule has 4 nitrogen and oxygen atoms in total. The maximum absolute atomic E-state index is 11.1. The molecule has 0 spiro atoms. The first-order valence-corrected chi connectivity index (χ1v) is 4.11. The van der Waals surface area contributed by atoms with Gasteiger partial charge in [0.1, 0.15) is 5.76 Å². The van der Waals surface area contributed by atoms with E-state index in [1.807, 2.05) is 6.07 Å². The van der Waals surface area contributed by atoms with E-state index < -0.39 is 0 Å². The minimum absolute atomic E-state index is 0.0294. The number of nitrogens with one attached hydrogen (secondary N) is 1. The first-order chi connectivity index (χ1) is 6.33. The SMILES string of the molecule is COCCC(=O)NCc1ccco1. The fourth-order valence-corrected chi connectivity index (χ4v) is 0.882. The molecule has 1 aromatic rings. The van der Waals surface area contributed by atoms with E-state index in [4.69, 9.17) is 9.15 Å². The number of ether oxygens (including phenoxy) is 1. The molecule has 1 rings (SSSR count). The molecule has 72 valence electrons. The summed E-state index contributed by atoms with van der Waals surface area (Å²) in [5.41, 5.74) is 0. The summed E-state index contributed by atoms with van der Waals surface area (Å²) in [7, 11) is 1.57. The normalized spacial score (nSPS) is 9.92. The van der Waals surface area contributed by atoms with Gasteiger partial charge in [-0.25, -0.2) is 0 Å². The Hall–Kier alpha value is -1.29. The molecule has 0 aliphatic rings. The predicted molar refractivity (Wildman–Crippen MR) is 47.0 cm³/mol. The van der Waals surface area contributed by atoms with Crippen LogP contribution in [0.5, 0.6) is 0 Å². The van der Waals surface area contributed by atoms with Gasteiger partial charge in [-0.3, -0.25) is 4.79 Å². The summed E-state index contributed by atoms with van der Waals surface area (Å²) >= 11 is 0. The fraction of sp³-hybridized carbons (Fsp3) is 0.444. The summed E-state index contributed by atoms with van der Waals surface area (Å²) in [4.78, 5) is 11.1. The number of hydrogen-bond acceptors (Lipinski definition) is 3. The van der Waals surface area contributed by atoms with Gasteiger partial charge in [0.15, 0.2) is 0 Å². The maximum Gasteiger partial charge on any atom is 0.222 e. The van der Waals surface area contributed by atoms with Crippen LogP contribution in [0.25, 0.3) is 0 Å². The average molecular weight is 183 g/mol. The van der Waals surface area contributed by atoms with Gasteiger partial charge in [-0.05, 0) is 12.1 Å². The molecule has 1 amide bonds. The Morgan fingerprint density at radius 2 is 2.54 bits per heavy atom. The van der Waals surface area contributed by atoms with Crippen LogP contribution in [0.2, 0.25) is 0 Å². The van der Waals surface area contributed by atoms with Crippen molar-refractivity contribution < 1.29 is 13.9 Å². The number of furan rings is 1. The van der Waals surface area contributed by atoms with E-state index in [1.54, 1.807) is 19.4 Å². The number of carbonyl (C=O) groups is 1. The second kappa shape index (κ2) is 5.37. The van der Waals surface area contributed by atoms with E-state index in [0.29, 0.717) is 19.6 Å². The Kier molecular flexibility index (Phi) is 4.05. The summed E-state index contributed by atoms with van der Waals surface area (Å²) in [6.45, 7) is 0.888. The van der Waals surface area contributed by atoms with Crippen LogP contribution in [-0.2, 0) is 16.1 Å². The van der Waals surface area contributed by atoms with E-state index in [1.165, 1.54) is 0 Å². The van der Waals surface area contributed by atoms with Crippen molar-refractivity contribution in [3.05, 3.63) is 24.2 Å². The van der Waals surface area contributed by atoms with Crippen molar-refractivity contribution >= 4 is 5.91 Å². The highest BCUT2D eigenvalue weighted by Crippen LogP contribution is 1.98.